The average molecular weight is 219 g/mol. The number of hydrogen-bond donors (Lipinski definition) is 2. The topological polar surface area (TPSA) is 97.7 Å². The SMILES string of the molecule is C[N+](CCO)(CCC(=O)[O-])CCC(=O)O. The highest BCUT2D eigenvalue weighted by atomic mass is 16.4. The second-order valence-electron chi connectivity index (χ2n) is 3.78. The molecule has 0 rings (SSSR count). The second kappa shape index (κ2) is 6.36. The van der Waals surface area contributed by atoms with Crippen molar-refractivity contribution < 1.29 is 29.4 Å². The van der Waals surface area contributed by atoms with Crippen molar-refractivity contribution in [2.24, 2.45) is 0 Å². The molecule has 0 spiro atoms. The first kappa shape index (κ1) is 13.9. The summed E-state index contributed by atoms with van der Waals surface area (Å²) >= 11 is 0. The van der Waals surface area contributed by atoms with Crippen LogP contribution in [0.25, 0.3) is 0 Å². The minimum Gasteiger partial charge on any atom is -0.550 e. The molecule has 0 fully saturated rings. The van der Waals surface area contributed by atoms with E-state index in [1.165, 1.54) is 0 Å². The molecule has 88 valence electrons. The van der Waals surface area contributed by atoms with Gasteiger partial charge in [0.2, 0.25) is 0 Å². The van der Waals surface area contributed by atoms with Gasteiger partial charge in [-0.25, -0.2) is 0 Å². The summed E-state index contributed by atoms with van der Waals surface area (Å²) in [6, 6.07) is 0. The summed E-state index contributed by atoms with van der Waals surface area (Å²) in [7, 11) is 1.72. The molecule has 1 unspecified atom stereocenters. The molecule has 0 aromatic rings. The van der Waals surface area contributed by atoms with E-state index < -0.39 is 11.9 Å². The Morgan fingerprint density at radius 3 is 2.13 bits per heavy atom. The van der Waals surface area contributed by atoms with Gasteiger partial charge >= 0.3 is 5.97 Å². The maximum absolute atomic E-state index is 10.4. The third-order valence-corrected chi connectivity index (χ3v) is 2.36. The zero-order chi connectivity index (χ0) is 11.9. The van der Waals surface area contributed by atoms with Gasteiger partial charge in [-0.15, -0.1) is 0 Å². The molecular weight excluding hydrogens is 202 g/mol. The molecule has 6 nitrogen and oxygen atoms in total. The summed E-state index contributed by atoms with van der Waals surface area (Å²) in [6.07, 6.45) is -0.167. The largest absolute Gasteiger partial charge is 0.550 e. The molecule has 0 aliphatic rings. The second-order valence-corrected chi connectivity index (χ2v) is 3.78. The summed E-state index contributed by atoms with van der Waals surface area (Å²) in [5, 5.41) is 27.6. The van der Waals surface area contributed by atoms with Gasteiger partial charge in [-0.2, -0.15) is 0 Å². The molecule has 0 heterocycles. The van der Waals surface area contributed by atoms with Crippen LogP contribution >= 0.6 is 0 Å². The number of nitrogens with zero attached hydrogens (tertiary/aromatic N) is 1. The van der Waals surface area contributed by atoms with Gasteiger partial charge in [-0.3, -0.25) is 4.79 Å². The Kier molecular flexibility index (Phi) is 5.88. The van der Waals surface area contributed by atoms with E-state index in [-0.39, 0.29) is 30.5 Å². The normalized spacial score (nSPS) is 14.5. The number of hydrogen-bond acceptors (Lipinski definition) is 4. The molecule has 15 heavy (non-hydrogen) atoms. The molecule has 1 atom stereocenters. The van der Waals surface area contributed by atoms with Crippen molar-refractivity contribution in [2.45, 2.75) is 12.8 Å². The molecule has 0 aromatic heterocycles. The van der Waals surface area contributed by atoms with Crippen molar-refractivity contribution in [1.82, 2.24) is 0 Å². The fourth-order valence-corrected chi connectivity index (χ4v) is 1.30. The Labute approximate surface area is 88.3 Å². The molecule has 0 amide bonds. The molecule has 0 radical (unpaired) electrons. The smallest absolute Gasteiger partial charge is 0.309 e. The maximum Gasteiger partial charge on any atom is 0.309 e. The lowest BCUT2D eigenvalue weighted by Crippen LogP contribution is -2.49. The van der Waals surface area contributed by atoms with Crippen LogP contribution in [0.15, 0.2) is 0 Å². The fraction of sp³-hybridized carbons (Fsp3) is 0.778. The van der Waals surface area contributed by atoms with Crippen LogP contribution in [0.1, 0.15) is 12.8 Å². The average Bonchev–Trinajstić information content (AvgIpc) is 2.13. The number of carbonyl (C=O) groups excluding carboxylic acids is 1. The Bertz CT molecular complexity index is 211. The van der Waals surface area contributed by atoms with E-state index in [0.717, 1.165) is 0 Å². The monoisotopic (exact) mass is 219 g/mol. The van der Waals surface area contributed by atoms with Gasteiger partial charge in [-0.05, 0) is 0 Å². The molecule has 0 bridgehead atoms. The Balaban J connectivity index is 4.17. The maximum atomic E-state index is 10.4. The van der Waals surface area contributed by atoms with Gasteiger partial charge in [0.05, 0.1) is 33.2 Å². The predicted molar refractivity (Wildman–Crippen MR) is 49.7 cm³/mol. The molecule has 0 aromatic carbocycles. The molecule has 0 saturated carbocycles. The van der Waals surface area contributed by atoms with Gasteiger partial charge in [-0.1, -0.05) is 0 Å². The molecule has 0 aliphatic heterocycles. The predicted octanol–water partition coefficient (Wildman–Crippen LogP) is -1.96. The number of carbonyl (C=O) groups is 2. The molecule has 0 aliphatic carbocycles. The number of likely N-dealkylation sites (N-methyl/N-ethyl adjacent to an activating group) is 1. The lowest BCUT2D eigenvalue weighted by atomic mass is 10.2. The van der Waals surface area contributed by atoms with Gasteiger partial charge < -0.3 is 24.6 Å². The molecule has 2 N–H and O–H groups in total. The van der Waals surface area contributed by atoms with Crippen molar-refractivity contribution in [2.75, 3.05) is 33.3 Å². The van der Waals surface area contributed by atoms with Crippen LogP contribution in [0.2, 0.25) is 0 Å². The number of aliphatic hydroxyl groups is 1. The van der Waals surface area contributed by atoms with Crippen molar-refractivity contribution in [3.8, 4) is 0 Å². The van der Waals surface area contributed by atoms with Crippen LogP contribution in [-0.4, -0.2) is 59.9 Å². The summed E-state index contributed by atoms with van der Waals surface area (Å²) in [4.78, 5) is 20.7. The van der Waals surface area contributed by atoms with Crippen LogP contribution in [0, 0.1) is 0 Å². The Morgan fingerprint density at radius 2 is 1.73 bits per heavy atom. The molecule has 6 heteroatoms. The number of carboxylic acid groups (broad SMARTS) is 2. The van der Waals surface area contributed by atoms with E-state index in [9.17, 15) is 14.7 Å². The van der Waals surface area contributed by atoms with E-state index in [1.54, 1.807) is 7.05 Å². The number of aliphatic carboxylic acids is 2. The minimum atomic E-state index is -1.16. The first-order valence-corrected chi connectivity index (χ1v) is 4.76. The highest BCUT2D eigenvalue weighted by molar-refractivity contribution is 5.66. The van der Waals surface area contributed by atoms with E-state index in [4.69, 9.17) is 10.2 Å². The van der Waals surface area contributed by atoms with Gasteiger partial charge in [0.1, 0.15) is 6.54 Å². The standard InChI is InChI=1S/C9H17NO5/c1-10(6-7-11,4-2-8(12)13)5-3-9(14)15/h11H,2-7H2,1H3,(H-,12,13,14,15). The quantitative estimate of drug-likeness (QED) is 0.462. The van der Waals surface area contributed by atoms with Gasteiger partial charge in [0.25, 0.3) is 0 Å². The zero-order valence-electron chi connectivity index (χ0n) is 8.81. The number of quaternary nitrogens is 1. The van der Waals surface area contributed by atoms with Crippen LogP contribution in [0.5, 0.6) is 0 Å². The van der Waals surface area contributed by atoms with Crippen LogP contribution < -0.4 is 5.11 Å². The zero-order valence-corrected chi connectivity index (χ0v) is 8.81. The first-order chi connectivity index (χ1) is 6.89. The van der Waals surface area contributed by atoms with E-state index in [0.29, 0.717) is 13.1 Å². The third-order valence-electron chi connectivity index (χ3n) is 2.36. The first-order valence-electron chi connectivity index (χ1n) is 4.76. The summed E-state index contributed by atoms with van der Waals surface area (Å²) in [6.45, 7) is 0.836. The van der Waals surface area contributed by atoms with Crippen molar-refractivity contribution in [3.05, 3.63) is 0 Å². The van der Waals surface area contributed by atoms with Crippen LogP contribution in [0.4, 0.5) is 0 Å². The Hall–Kier alpha value is -1.14. The Morgan fingerprint density at radius 1 is 1.20 bits per heavy atom. The lowest BCUT2D eigenvalue weighted by molar-refractivity contribution is -0.909. The van der Waals surface area contributed by atoms with Crippen molar-refractivity contribution in [3.63, 3.8) is 0 Å². The summed E-state index contributed by atoms with van der Waals surface area (Å²) in [5.41, 5.74) is 0. The lowest BCUT2D eigenvalue weighted by Gasteiger charge is -2.33. The van der Waals surface area contributed by atoms with Crippen molar-refractivity contribution >= 4 is 11.9 Å². The number of rotatable bonds is 8. The number of carboxylic acids is 2. The summed E-state index contributed by atoms with van der Waals surface area (Å²) in [5.74, 6) is -2.08. The van der Waals surface area contributed by atoms with E-state index in [2.05, 4.69) is 0 Å². The number of aliphatic hydroxyl groups excluding tert-OH is 1. The third kappa shape index (κ3) is 6.87. The summed E-state index contributed by atoms with van der Waals surface area (Å²) < 4.78 is 0.233. The van der Waals surface area contributed by atoms with Gasteiger partial charge in [0.15, 0.2) is 0 Å². The molecule has 0 saturated heterocycles. The van der Waals surface area contributed by atoms with Gasteiger partial charge in [0, 0.05) is 12.4 Å². The fourth-order valence-electron chi connectivity index (χ4n) is 1.30. The van der Waals surface area contributed by atoms with Crippen LogP contribution in [-0.2, 0) is 9.59 Å². The van der Waals surface area contributed by atoms with E-state index in [1.807, 2.05) is 0 Å². The highest BCUT2D eigenvalue weighted by Crippen LogP contribution is 2.05. The molecular formula is C9H17NO5. The minimum absolute atomic E-state index is 0.0381. The van der Waals surface area contributed by atoms with Crippen LogP contribution in [0.3, 0.4) is 0 Å². The van der Waals surface area contributed by atoms with Crippen molar-refractivity contribution in [1.29, 1.82) is 0 Å². The highest BCUT2D eigenvalue weighted by Gasteiger charge is 2.21. The van der Waals surface area contributed by atoms with E-state index >= 15 is 0 Å².